The molecule has 10 heavy (non-hydrogen) atoms. The van der Waals surface area contributed by atoms with Gasteiger partial charge in [0.1, 0.15) is 0 Å². The van der Waals surface area contributed by atoms with Gasteiger partial charge in [0, 0.05) is 5.92 Å². The molecule has 1 rings (SSSR count). The molecule has 1 heterocycles. The Labute approximate surface area is 58.7 Å². The van der Waals surface area contributed by atoms with Crippen molar-refractivity contribution in [2.45, 2.75) is 6.29 Å². The summed E-state index contributed by atoms with van der Waals surface area (Å²) < 4.78 is 9.76. The summed E-state index contributed by atoms with van der Waals surface area (Å²) in [5.74, 6) is 0.0243. The van der Waals surface area contributed by atoms with Gasteiger partial charge in [-0.2, -0.15) is 0 Å². The van der Waals surface area contributed by atoms with E-state index < -0.39 is 6.29 Å². The minimum absolute atomic E-state index is 0.0243. The smallest absolute Gasteiger partial charge is 0.214 e. The van der Waals surface area contributed by atoms with Gasteiger partial charge in [0.05, 0.1) is 19.8 Å². The van der Waals surface area contributed by atoms with E-state index in [2.05, 4.69) is 0 Å². The molecule has 4 heteroatoms. The second kappa shape index (κ2) is 3.65. The fourth-order valence-corrected chi connectivity index (χ4v) is 0.742. The minimum atomic E-state index is -0.720. The summed E-state index contributed by atoms with van der Waals surface area (Å²) in [4.78, 5) is 10.0. The molecule has 4 nitrogen and oxygen atoms in total. The number of carbonyl (C=O) groups is 1. The minimum Gasteiger partial charge on any atom is -0.396 e. The van der Waals surface area contributed by atoms with Crippen molar-refractivity contribution in [2.24, 2.45) is 5.92 Å². The number of rotatable bonds is 2. The summed E-state index contributed by atoms with van der Waals surface area (Å²) in [5.41, 5.74) is 0. The Morgan fingerprint density at radius 2 is 2.10 bits per heavy atom. The lowest BCUT2D eigenvalue weighted by molar-refractivity contribution is -0.196. The van der Waals surface area contributed by atoms with Gasteiger partial charge in [-0.25, -0.2) is 0 Å². The first kappa shape index (κ1) is 7.65. The molecule has 0 amide bonds. The summed E-state index contributed by atoms with van der Waals surface area (Å²) in [6.07, 6.45) is -0.115. The summed E-state index contributed by atoms with van der Waals surface area (Å²) in [6, 6.07) is 0. The molecule has 1 aliphatic heterocycles. The molecular weight excluding hydrogens is 136 g/mol. The van der Waals surface area contributed by atoms with Crippen molar-refractivity contribution in [2.75, 3.05) is 19.8 Å². The Bertz CT molecular complexity index is 106. The van der Waals surface area contributed by atoms with Gasteiger partial charge in [-0.15, -0.1) is 0 Å². The van der Waals surface area contributed by atoms with Crippen LogP contribution in [-0.4, -0.2) is 37.5 Å². The van der Waals surface area contributed by atoms with Crippen LogP contribution in [0.3, 0.4) is 0 Å². The zero-order chi connectivity index (χ0) is 7.40. The van der Waals surface area contributed by atoms with E-state index in [1.807, 2.05) is 0 Å². The number of hydrogen-bond acceptors (Lipinski definition) is 4. The lowest BCUT2D eigenvalue weighted by Crippen LogP contribution is -2.34. The molecule has 0 aliphatic carbocycles. The number of aliphatic hydroxyl groups excluding tert-OH is 1. The highest BCUT2D eigenvalue weighted by atomic mass is 16.7. The normalized spacial score (nSPS) is 33.7. The van der Waals surface area contributed by atoms with Crippen molar-refractivity contribution in [3.8, 4) is 0 Å². The molecule has 58 valence electrons. The molecular formula is C6H10O4. The SMILES string of the molecule is O=CC1OCC(CO)CO1. The summed E-state index contributed by atoms with van der Waals surface area (Å²) in [6.45, 7) is 0.853. The number of carbonyl (C=O) groups excluding carboxylic acids is 1. The van der Waals surface area contributed by atoms with Gasteiger partial charge < -0.3 is 14.6 Å². The molecule has 0 atom stereocenters. The van der Waals surface area contributed by atoms with Crippen LogP contribution in [-0.2, 0) is 14.3 Å². The van der Waals surface area contributed by atoms with E-state index in [0.29, 0.717) is 19.5 Å². The molecule has 0 saturated carbocycles. The molecule has 1 aliphatic rings. The molecule has 1 saturated heterocycles. The third-order valence-corrected chi connectivity index (χ3v) is 1.36. The summed E-state index contributed by atoms with van der Waals surface area (Å²) >= 11 is 0. The monoisotopic (exact) mass is 146 g/mol. The van der Waals surface area contributed by atoms with E-state index in [1.165, 1.54) is 0 Å². The van der Waals surface area contributed by atoms with Crippen LogP contribution >= 0.6 is 0 Å². The Hall–Kier alpha value is -0.450. The van der Waals surface area contributed by atoms with Crippen molar-refractivity contribution >= 4 is 6.29 Å². The average molecular weight is 146 g/mol. The van der Waals surface area contributed by atoms with Gasteiger partial charge >= 0.3 is 0 Å². The second-order valence-corrected chi connectivity index (χ2v) is 2.22. The van der Waals surface area contributed by atoms with Crippen LogP contribution in [0.15, 0.2) is 0 Å². The lowest BCUT2D eigenvalue weighted by Gasteiger charge is -2.24. The van der Waals surface area contributed by atoms with Gasteiger partial charge in [-0.05, 0) is 0 Å². The zero-order valence-electron chi connectivity index (χ0n) is 5.53. The molecule has 0 aromatic rings. The molecule has 0 aromatic heterocycles. The second-order valence-electron chi connectivity index (χ2n) is 2.22. The first-order chi connectivity index (χ1) is 4.86. The summed E-state index contributed by atoms with van der Waals surface area (Å²) in [5, 5.41) is 8.60. The number of aliphatic hydroxyl groups is 1. The fourth-order valence-electron chi connectivity index (χ4n) is 0.742. The highest BCUT2D eigenvalue weighted by molar-refractivity contribution is 5.53. The van der Waals surface area contributed by atoms with E-state index in [-0.39, 0.29) is 12.5 Å². The Kier molecular flexibility index (Phi) is 2.80. The van der Waals surface area contributed by atoms with E-state index in [9.17, 15) is 4.79 Å². The maximum absolute atomic E-state index is 10.0. The molecule has 0 spiro atoms. The van der Waals surface area contributed by atoms with Gasteiger partial charge in [0.2, 0.25) is 6.29 Å². The quantitative estimate of drug-likeness (QED) is 0.516. The van der Waals surface area contributed by atoms with Gasteiger partial charge in [-0.1, -0.05) is 0 Å². The maximum Gasteiger partial charge on any atom is 0.214 e. The average Bonchev–Trinajstić information content (AvgIpc) is 2.05. The van der Waals surface area contributed by atoms with Crippen LogP contribution in [0.4, 0.5) is 0 Å². The van der Waals surface area contributed by atoms with Crippen LogP contribution < -0.4 is 0 Å². The van der Waals surface area contributed by atoms with Crippen LogP contribution in [0.5, 0.6) is 0 Å². The van der Waals surface area contributed by atoms with Gasteiger partial charge in [-0.3, -0.25) is 4.79 Å². The molecule has 0 unspecified atom stereocenters. The lowest BCUT2D eigenvalue weighted by atomic mass is 10.2. The van der Waals surface area contributed by atoms with Crippen molar-refractivity contribution < 1.29 is 19.4 Å². The molecule has 1 N–H and O–H groups in total. The highest BCUT2D eigenvalue weighted by Crippen LogP contribution is 2.08. The fraction of sp³-hybridized carbons (Fsp3) is 0.833. The molecule has 0 bridgehead atoms. The predicted octanol–water partition coefficient (Wildman–Crippen LogP) is -0.833. The molecule has 0 radical (unpaired) electrons. The predicted molar refractivity (Wildman–Crippen MR) is 32.3 cm³/mol. The topological polar surface area (TPSA) is 55.8 Å². The van der Waals surface area contributed by atoms with Crippen LogP contribution in [0, 0.1) is 5.92 Å². The van der Waals surface area contributed by atoms with E-state index >= 15 is 0 Å². The first-order valence-electron chi connectivity index (χ1n) is 3.16. The van der Waals surface area contributed by atoms with Crippen LogP contribution in [0.1, 0.15) is 0 Å². The standard InChI is InChI=1S/C6H10O4/c7-1-5-3-9-6(2-8)10-4-5/h2,5-7H,1,3-4H2. The number of ether oxygens (including phenoxy) is 2. The first-order valence-corrected chi connectivity index (χ1v) is 3.16. The summed E-state index contributed by atoms with van der Waals surface area (Å²) in [7, 11) is 0. The van der Waals surface area contributed by atoms with Crippen LogP contribution in [0.2, 0.25) is 0 Å². The third-order valence-electron chi connectivity index (χ3n) is 1.36. The Morgan fingerprint density at radius 3 is 2.50 bits per heavy atom. The van der Waals surface area contributed by atoms with Crippen molar-refractivity contribution in [1.82, 2.24) is 0 Å². The van der Waals surface area contributed by atoms with Crippen molar-refractivity contribution in [1.29, 1.82) is 0 Å². The third kappa shape index (κ3) is 1.76. The molecule has 1 fully saturated rings. The van der Waals surface area contributed by atoms with Crippen LogP contribution in [0.25, 0.3) is 0 Å². The van der Waals surface area contributed by atoms with Gasteiger partial charge in [0.15, 0.2) is 6.29 Å². The van der Waals surface area contributed by atoms with E-state index in [0.717, 1.165) is 0 Å². The highest BCUT2D eigenvalue weighted by Gasteiger charge is 2.20. The van der Waals surface area contributed by atoms with E-state index in [4.69, 9.17) is 14.6 Å². The number of hydrogen-bond donors (Lipinski definition) is 1. The maximum atomic E-state index is 10.0. The number of aldehydes is 1. The largest absolute Gasteiger partial charge is 0.396 e. The van der Waals surface area contributed by atoms with E-state index in [1.54, 1.807) is 0 Å². The van der Waals surface area contributed by atoms with Gasteiger partial charge in [0.25, 0.3) is 0 Å². The zero-order valence-corrected chi connectivity index (χ0v) is 5.53. The molecule has 0 aromatic carbocycles. The Balaban J connectivity index is 2.23. The van der Waals surface area contributed by atoms with Crippen molar-refractivity contribution in [3.05, 3.63) is 0 Å². The van der Waals surface area contributed by atoms with Crippen molar-refractivity contribution in [3.63, 3.8) is 0 Å². The Morgan fingerprint density at radius 1 is 1.50 bits per heavy atom.